The lowest BCUT2D eigenvalue weighted by molar-refractivity contribution is 0.588. The van der Waals surface area contributed by atoms with E-state index < -0.39 is 0 Å². The van der Waals surface area contributed by atoms with E-state index in [0.29, 0.717) is 6.04 Å². The molecule has 0 fully saturated rings. The minimum absolute atomic E-state index is 0.532. The molecule has 86 valence electrons. The van der Waals surface area contributed by atoms with Crippen molar-refractivity contribution >= 4 is 22.7 Å². The van der Waals surface area contributed by atoms with Gasteiger partial charge in [-0.05, 0) is 11.4 Å². The summed E-state index contributed by atoms with van der Waals surface area (Å²) in [6, 6.07) is 4.66. The van der Waals surface area contributed by atoms with Crippen molar-refractivity contribution in [2.45, 2.75) is 26.3 Å². The van der Waals surface area contributed by atoms with Crippen LogP contribution in [0.5, 0.6) is 0 Å². The van der Waals surface area contributed by atoms with Gasteiger partial charge in [-0.15, -0.1) is 21.5 Å². The van der Waals surface area contributed by atoms with Crippen LogP contribution < -0.4 is 5.32 Å². The summed E-state index contributed by atoms with van der Waals surface area (Å²) in [5.41, 5.74) is 0. The fourth-order valence-electron chi connectivity index (χ4n) is 1.32. The van der Waals surface area contributed by atoms with E-state index in [1.54, 1.807) is 22.7 Å². The second-order valence-electron chi connectivity index (χ2n) is 3.84. The SMILES string of the molecule is CC(C)NCCc1nnc(-c2cccs2)s1. The first-order valence-electron chi connectivity index (χ1n) is 5.35. The Kier molecular flexibility index (Phi) is 4.04. The molecule has 0 amide bonds. The maximum Gasteiger partial charge on any atom is 0.157 e. The van der Waals surface area contributed by atoms with Crippen LogP contribution in [-0.2, 0) is 6.42 Å². The van der Waals surface area contributed by atoms with Crippen molar-refractivity contribution in [2.24, 2.45) is 0 Å². The molecule has 0 unspecified atom stereocenters. The number of aromatic nitrogens is 2. The van der Waals surface area contributed by atoms with Crippen LogP contribution in [0.15, 0.2) is 17.5 Å². The molecule has 2 heterocycles. The molecule has 0 spiro atoms. The zero-order valence-corrected chi connectivity index (χ0v) is 11.1. The van der Waals surface area contributed by atoms with E-state index >= 15 is 0 Å². The van der Waals surface area contributed by atoms with E-state index in [0.717, 1.165) is 23.0 Å². The van der Waals surface area contributed by atoms with Gasteiger partial charge >= 0.3 is 0 Å². The first kappa shape index (κ1) is 11.7. The van der Waals surface area contributed by atoms with Gasteiger partial charge in [-0.25, -0.2) is 0 Å². The van der Waals surface area contributed by atoms with E-state index in [1.165, 1.54) is 4.88 Å². The summed E-state index contributed by atoms with van der Waals surface area (Å²) in [5, 5.41) is 16.0. The average molecular weight is 253 g/mol. The highest BCUT2D eigenvalue weighted by molar-refractivity contribution is 7.20. The number of hydrogen-bond acceptors (Lipinski definition) is 5. The Hall–Kier alpha value is -0.780. The molecule has 0 aliphatic rings. The molecule has 2 rings (SSSR count). The molecule has 0 aliphatic carbocycles. The molecule has 0 radical (unpaired) electrons. The molecular formula is C11H15N3S2. The van der Waals surface area contributed by atoms with E-state index in [1.807, 2.05) is 6.07 Å². The van der Waals surface area contributed by atoms with Crippen molar-refractivity contribution < 1.29 is 0 Å². The lowest BCUT2D eigenvalue weighted by Gasteiger charge is -2.04. The molecule has 0 bridgehead atoms. The second-order valence-corrected chi connectivity index (χ2v) is 5.85. The van der Waals surface area contributed by atoms with Gasteiger partial charge in [0.25, 0.3) is 0 Å². The van der Waals surface area contributed by atoms with Crippen LogP contribution in [0.1, 0.15) is 18.9 Å². The fraction of sp³-hybridized carbons (Fsp3) is 0.455. The normalized spacial score (nSPS) is 11.2. The molecule has 5 heteroatoms. The Morgan fingerprint density at radius 3 is 2.94 bits per heavy atom. The van der Waals surface area contributed by atoms with Gasteiger partial charge in [0.05, 0.1) is 4.88 Å². The topological polar surface area (TPSA) is 37.8 Å². The second kappa shape index (κ2) is 5.52. The first-order valence-corrected chi connectivity index (χ1v) is 7.05. The maximum absolute atomic E-state index is 4.21. The molecule has 0 saturated carbocycles. The van der Waals surface area contributed by atoms with Gasteiger partial charge in [0.1, 0.15) is 5.01 Å². The highest BCUT2D eigenvalue weighted by atomic mass is 32.1. The van der Waals surface area contributed by atoms with E-state index in [9.17, 15) is 0 Å². The average Bonchev–Trinajstić information content (AvgIpc) is 2.85. The van der Waals surface area contributed by atoms with Crippen LogP contribution in [0.2, 0.25) is 0 Å². The van der Waals surface area contributed by atoms with E-state index in [4.69, 9.17) is 0 Å². The Labute approximate surface area is 104 Å². The van der Waals surface area contributed by atoms with E-state index in [-0.39, 0.29) is 0 Å². The summed E-state index contributed by atoms with van der Waals surface area (Å²) < 4.78 is 0. The largest absolute Gasteiger partial charge is 0.314 e. The van der Waals surface area contributed by atoms with Crippen LogP contribution >= 0.6 is 22.7 Å². The van der Waals surface area contributed by atoms with Gasteiger partial charge in [-0.1, -0.05) is 31.3 Å². The predicted octanol–water partition coefficient (Wildman–Crippen LogP) is 2.81. The molecule has 0 aromatic carbocycles. The zero-order chi connectivity index (χ0) is 11.4. The zero-order valence-electron chi connectivity index (χ0n) is 9.43. The minimum Gasteiger partial charge on any atom is -0.314 e. The van der Waals surface area contributed by atoms with Crippen molar-refractivity contribution in [2.75, 3.05) is 6.54 Å². The van der Waals surface area contributed by atoms with E-state index in [2.05, 4.69) is 40.8 Å². The molecule has 0 saturated heterocycles. The van der Waals surface area contributed by atoms with Gasteiger partial charge < -0.3 is 5.32 Å². The lowest BCUT2D eigenvalue weighted by Crippen LogP contribution is -2.24. The summed E-state index contributed by atoms with van der Waals surface area (Å²) in [6.07, 6.45) is 0.960. The Morgan fingerprint density at radius 2 is 2.25 bits per heavy atom. The third-order valence-corrected chi connectivity index (χ3v) is 4.11. The highest BCUT2D eigenvalue weighted by Crippen LogP contribution is 2.27. The van der Waals surface area contributed by atoms with Crippen LogP contribution in [0, 0.1) is 0 Å². The van der Waals surface area contributed by atoms with Gasteiger partial charge in [-0.3, -0.25) is 0 Å². The number of nitrogens with one attached hydrogen (secondary N) is 1. The van der Waals surface area contributed by atoms with Crippen LogP contribution in [0.4, 0.5) is 0 Å². The number of thiophene rings is 1. The van der Waals surface area contributed by atoms with Crippen molar-refractivity contribution in [1.82, 2.24) is 15.5 Å². The van der Waals surface area contributed by atoms with Gasteiger partial charge in [0.15, 0.2) is 5.01 Å². The lowest BCUT2D eigenvalue weighted by atomic mass is 10.3. The Balaban J connectivity index is 1.93. The Bertz CT molecular complexity index is 420. The van der Waals surface area contributed by atoms with Gasteiger partial charge in [0.2, 0.25) is 0 Å². The standard InChI is InChI=1S/C11H15N3S2/c1-8(2)12-6-5-10-13-14-11(16-10)9-4-3-7-15-9/h3-4,7-8,12H,5-6H2,1-2H3. The molecular weight excluding hydrogens is 238 g/mol. The summed E-state index contributed by atoms with van der Waals surface area (Å²) in [7, 11) is 0. The summed E-state index contributed by atoms with van der Waals surface area (Å²) >= 11 is 3.40. The number of rotatable bonds is 5. The maximum atomic E-state index is 4.21. The number of hydrogen-bond donors (Lipinski definition) is 1. The highest BCUT2D eigenvalue weighted by Gasteiger charge is 2.07. The summed E-state index contributed by atoms with van der Waals surface area (Å²) in [6.45, 7) is 5.27. The molecule has 0 atom stereocenters. The van der Waals surface area contributed by atoms with Gasteiger partial charge in [0, 0.05) is 19.0 Å². The van der Waals surface area contributed by atoms with Crippen LogP contribution in [-0.4, -0.2) is 22.8 Å². The quantitative estimate of drug-likeness (QED) is 0.890. The molecule has 3 nitrogen and oxygen atoms in total. The van der Waals surface area contributed by atoms with Crippen molar-refractivity contribution in [1.29, 1.82) is 0 Å². The van der Waals surface area contributed by atoms with Crippen molar-refractivity contribution in [3.63, 3.8) is 0 Å². The van der Waals surface area contributed by atoms with Crippen LogP contribution in [0.25, 0.3) is 9.88 Å². The molecule has 1 N–H and O–H groups in total. The monoisotopic (exact) mass is 253 g/mol. The van der Waals surface area contributed by atoms with Crippen molar-refractivity contribution in [3.05, 3.63) is 22.5 Å². The van der Waals surface area contributed by atoms with Crippen molar-refractivity contribution in [3.8, 4) is 9.88 Å². The summed E-state index contributed by atoms with van der Waals surface area (Å²) in [5.74, 6) is 0. The molecule has 2 aromatic heterocycles. The third kappa shape index (κ3) is 3.10. The summed E-state index contributed by atoms with van der Waals surface area (Å²) in [4.78, 5) is 1.21. The van der Waals surface area contributed by atoms with Gasteiger partial charge in [-0.2, -0.15) is 0 Å². The molecule has 0 aliphatic heterocycles. The molecule has 2 aromatic rings. The smallest absolute Gasteiger partial charge is 0.157 e. The first-order chi connectivity index (χ1) is 7.75. The Morgan fingerprint density at radius 1 is 1.38 bits per heavy atom. The predicted molar refractivity (Wildman–Crippen MR) is 70.1 cm³/mol. The van der Waals surface area contributed by atoms with Crippen LogP contribution in [0.3, 0.4) is 0 Å². The molecule has 16 heavy (non-hydrogen) atoms. The third-order valence-electron chi connectivity index (χ3n) is 2.09. The number of nitrogens with zero attached hydrogens (tertiary/aromatic N) is 2. The fourth-order valence-corrected chi connectivity index (χ4v) is 2.95. The minimum atomic E-state index is 0.532.